The Morgan fingerprint density at radius 2 is 1.94 bits per heavy atom. The Morgan fingerprint density at radius 1 is 1.25 bits per heavy atom. The van der Waals surface area contributed by atoms with Gasteiger partial charge in [-0.1, -0.05) is 28.1 Å². The molecule has 2 N–H and O–H groups in total. The van der Waals surface area contributed by atoms with Crippen LogP contribution in [-0.4, -0.2) is 59.1 Å². The number of hydrazine groups is 1. The van der Waals surface area contributed by atoms with E-state index in [0.717, 1.165) is 15.7 Å². The number of aromatic amines is 1. The molecule has 172 valence electrons. The lowest BCUT2D eigenvalue weighted by atomic mass is 9.94. The normalized spacial score (nSPS) is 21.8. The van der Waals surface area contributed by atoms with Crippen molar-refractivity contribution in [1.82, 2.24) is 20.4 Å². The lowest BCUT2D eigenvalue weighted by Crippen LogP contribution is -2.52. The molecule has 2 atom stereocenters. The van der Waals surface area contributed by atoms with Crippen molar-refractivity contribution in [3.05, 3.63) is 40.8 Å². The zero-order valence-electron chi connectivity index (χ0n) is 18.3. The molecule has 4 rings (SSSR count). The maximum atomic E-state index is 13.6. The minimum Gasteiger partial charge on any atom is -0.452 e. The number of rotatable bonds is 4. The van der Waals surface area contributed by atoms with Gasteiger partial charge in [0.2, 0.25) is 5.91 Å². The van der Waals surface area contributed by atoms with Crippen LogP contribution in [0.5, 0.6) is 0 Å². The van der Waals surface area contributed by atoms with Crippen LogP contribution in [0.3, 0.4) is 0 Å². The van der Waals surface area contributed by atoms with Crippen LogP contribution in [-0.2, 0) is 19.0 Å². The van der Waals surface area contributed by atoms with Crippen LogP contribution in [0.15, 0.2) is 34.9 Å². The minimum atomic E-state index is -0.816. The zero-order valence-corrected chi connectivity index (χ0v) is 19.8. The van der Waals surface area contributed by atoms with Gasteiger partial charge >= 0.3 is 6.09 Å². The molecule has 32 heavy (non-hydrogen) atoms. The van der Waals surface area contributed by atoms with Crippen LogP contribution in [0.4, 0.5) is 4.79 Å². The van der Waals surface area contributed by atoms with Crippen LogP contribution in [0.2, 0.25) is 0 Å². The molecular weight excluding hydrogens is 480 g/mol. The van der Waals surface area contributed by atoms with Gasteiger partial charge in [-0.3, -0.25) is 4.79 Å². The highest BCUT2D eigenvalue weighted by Gasteiger charge is 2.54. The molecule has 1 spiro atoms. The van der Waals surface area contributed by atoms with E-state index in [1.54, 1.807) is 6.20 Å². The van der Waals surface area contributed by atoms with Crippen LogP contribution < -0.4 is 5.43 Å². The molecule has 0 unspecified atom stereocenters. The summed E-state index contributed by atoms with van der Waals surface area (Å²) in [6, 6.07) is 7.64. The third-order valence-electron chi connectivity index (χ3n) is 5.93. The summed E-state index contributed by atoms with van der Waals surface area (Å²) in [5.74, 6) is -1.10. The van der Waals surface area contributed by atoms with Gasteiger partial charge in [-0.05, 0) is 31.5 Å². The predicted molar refractivity (Wildman–Crippen MR) is 119 cm³/mol. The third kappa shape index (κ3) is 4.53. The Hall–Kier alpha value is -2.43. The molecule has 2 fully saturated rings. The van der Waals surface area contributed by atoms with Gasteiger partial charge in [0, 0.05) is 29.3 Å². The Balaban J connectivity index is 1.63. The van der Waals surface area contributed by atoms with Gasteiger partial charge in [0.05, 0.1) is 38.1 Å². The highest BCUT2D eigenvalue weighted by atomic mass is 79.9. The van der Waals surface area contributed by atoms with Crippen molar-refractivity contribution in [2.24, 2.45) is 5.92 Å². The maximum Gasteiger partial charge on any atom is 0.425 e. The number of ether oxygens (including phenoxy) is 3. The molecule has 1 saturated heterocycles. The molecule has 2 heterocycles. The summed E-state index contributed by atoms with van der Waals surface area (Å²) < 4.78 is 17.5. The first-order valence-corrected chi connectivity index (χ1v) is 11.4. The van der Waals surface area contributed by atoms with E-state index in [9.17, 15) is 9.59 Å². The summed E-state index contributed by atoms with van der Waals surface area (Å²) in [6.45, 7) is 4.64. The van der Waals surface area contributed by atoms with Gasteiger partial charge in [-0.25, -0.2) is 20.2 Å². The number of methoxy groups -OCH3 is 1. The highest BCUT2D eigenvalue weighted by molar-refractivity contribution is 9.10. The lowest BCUT2D eigenvalue weighted by Gasteiger charge is -2.30. The highest BCUT2D eigenvalue weighted by Crippen LogP contribution is 2.49. The fourth-order valence-corrected chi connectivity index (χ4v) is 4.64. The Bertz CT molecular complexity index is 971. The molecular formula is C22H27BrN4O5. The summed E-state index contributed by atoms with van der Waals surface area (Å²) in [6.07, 6.45) is 1.96. The van der Waals surface area contributed by atoms with Gasteiger partial charge in [-0.2, -0.15) is 0 Å². The molecule has 1 saturated carbocycles. The second-order valence-electron chi connectivity index (χ2n) is 8.32. The number of aromatic nitrogens is 2. The molecule has 2 amide bonds. The monoisotopic (exact) mass is 506 g/mol. The van der Waals surface area contributed by atoms with Crippen LogP contribution in [0.1, 0.15) is 38.4 Å². The maximum absolute atomic E-state index is 13.6. The number of amides is 2. The molecule has 10 heteroatoms. The van der Waals surface area contributed by atoms with Crippen molar-refractivity contribution in [1.29, 1.82) is 0 Å². The van der Waals surface area contributed by atoms with Gasteiger partial charge < -0.3 is 19.2 Å². The number of carbonyl (C=O) groups excluding carboxylic acids is 2. The van der Waals surface area contributed by atoms with E-state index < -0.39 is 17.8 Å². The number of imidazole rings is 1. The van der Waals surface area contributed by atoms with Gasteiger partial charge in [-0.15, -0.1) is 0 Å². The summed E-state index contributed by atoms with van der Waals surface area (Å²) in [5, 5.41) is 1.32. The second-order valence-corrected chi connectivity index (χ2v) is 9.24. The van der Waals surface area contributed by atoms with E-state index in [-0.39, 0.29) is 17.9 Å². The molecule has 0 bridgehead atoms. The lowest BCUT2D eigenvalue weighted by molar-refractivity contribution is -0.159. The fraction of sp³-hybridized carbons (Fsp3) is 0.500. The number of H-pyrrole nitrogens is 1. The third-order valence-corrected chi connectivity index (χ3v) is 6.46. The first-order valence-electron chi connectivity index (χ1n) is 10.6. The number of hydrogen-bond donors (Lipinski definition) is 2. The van der Waals surface area contributed by atoms with Crippen molar-refractivity contribution >= 4 is 27.9 Å². The van der Waals surface area contributed by atoms with E-state index in [0.29, 0.717) is 31.9 Å². The van der Waals surface area contributed by atoms with Gasteiger partial charge in [0.1, 0.15) is 5.82 Å². The second kappa shape index (κ2) is 9.21. The van der Waals surface area contributed by atoms with Crippen molar-refractivity contribution in [3.63, 3.8) is 0 Å². The first-order chi connectivity index (χ1) is 15.3. The SMILES string of the molecule is COC(=O)NN(C(=O)[C@H]1CC2(C[C@@H]1c1ncc(-c3ccc(Br)cc3)[nH]1)OCCO2)C(C)C. The number of nitrogens with one attached hydrogen (secondary N) is 2. The zero-order chi connectivity index (χ0) is 22.9. The molecule has 1 aliphatic carbocycles. The number of hydrogen-bond acceptors (Lipinski definition) is 6. The average Bonchev–Trinajstić information content (AvgIpc) is 3.52. The number of carbonyl (C=O) groups is 2. The average molecular weight is 507 g/mol. The number of halogens is 1. The summed E-state index contributed by atoms with van der Waals surface area (Å²) in [4.78, 5) is 33.4. The molecule has 2 aromatic rings. The molecule has 1 aromatic heterocycles. The summed E-state index contributed by atoms with van der Waals surface area (Å²) >= 11 is 3.45. The van der Waals surface area contributed by atoms with Crippen LogP contribution >= 0.6 is 15.9 Å². The van der Waals surface area contributed by atoms with E-state index in [2.05, 4.69) is 31.3 Å². The van der Waals surface area contributed by atoms with E-state index in [1.807, 2.05) is 38.1 Å². The fourth-order valence-electron chi connectivity index (χ4n) is 4.38. The minimum absolute atomic E-state index is 0.229. The van der Waals surface area contributed by atoms with Gasteiger partial charge in [0.15, 0.2) is 5.79 Å². The smallest absolute Gasteiger partial charge is 0.425 e. The molecule has 1 aliphatic heterocycles. The summed E-state index contributed by atoms with van der Waals surface area (Å²) in [7, 11) is 1.26. The van der Waals surface area contributed by atoms with Crippen LogP contribution in [0, 0.1) is 5.92 Å². The molecule has 2 aliphatic rings. The first kappa shape index (κ1) is 22.8. The Labute approximate surface area is 194 Å². The summed E-state index contributed by atoms with van der Waals surface area (Å²) in [5.41, 5.74) is 4.39. The predicted octanol–water partition coefficient (Wildman–Crippen LogP) is 3.58. The largest absolute Gasteiger partial charge is 0.452 e. The Kier molecular flexibility index (Phi) is 6.55. The number of benzene rings is 1. The van der Waals surface area contributed by atoms with Gasteiger partial charge in [0.25, 0.3) is 0 Å². The molecule has 0 radical (unpaired) electrons. The standard InChI is InChI=1S/C22H27BrN4O5/c1-13(2)27(26-21(29)30-3)20(28)17-11-22(31-8-9-32-22)10-16(17)19-24-12-18(25-19)14-4-6-15(23)7-5-14/h4-7,12-13,16-17H,8-11H2,1-3H3,(H,24,25)(H,26,29)/t16-,17-/m0/s1. The van der Waals surface area contributed by atoms with Crippen molar-refractivity contribution < 1.29 is 23.8 Å². The van der Waals surface area contributed by atoms with Crippen LogP contribution in [0.25, 0.3) is 11.3 Å². The Morgan fingerprint density at radius 3 is 2.56 bits per heavy atom. The van der Waals surface area contributed by atoms with E-state index in [4.69, 9.17) is 14.2 Å². The van der Waals surface area contributed by atoms with Crippen molar-refractivity contribution in [3.8, 4) is 11.3 Å². The molecule has 1 aromatic carbocycles. The van der Waals surface area contributed by atoms with E-state index in [1.165, 1.54) is 12.1 Å². The topological polar surface area (TPSA) is 106 Å². The number of nitrogens with zero attached hydrogens (tertiary/aromatic N) is 2. The van der Waals surface area contributed by atoms with Crippen molar-refractivity contribution in [2.45, 2.75) is 44.4 Å². The van der Waals surface area contributed by atoms with E-state index >= 15 is 0 Å². The molecule has 9 nitrogen and oxygen atoms in total. The quantitative estimate of drug-likeness (QED) is 0.613. The van der Waals surface area contributed by atoms with Crippen molar-refractivity contribution in [2.75, 3.05) is 20.3 Å².